The van der Waals surface area contributed by atoms with Crippen LogP contribution in [-0.4, -0.2) is 41.1 Å². The minimum absolute atomic E-state index is 0.0497. The van der Waals surface area contributed by atoms with E-state index in [0.29, 0.717) is 19.3 Å². The minimum atomic E-state index is -0.652. The monoisotopic (exact) mass is 406 g/mol. The fourth-order valence-corrected chi connectivity index (χ4v) is 5.06. The summed E-state index contributed by atoms with van der Waals surface area (Å²) >= 11 is 0. The van der Waals surface area contributed by atoms with E-state index in [0.717, 1.165) is 31.3 Å². The number of cyclic esters (lactones) is 1. The summed E-state index contributed by atoms with van der Waals surface area (Å²) in [5.41, 5.74) is 1.10. The van der Waals surface area contributed by atoms with Gasteiger partial charge in [-0.3, -0.25) is 14.4 Å². The van der Waals surface area contributed by atoms with E-state index in [9.17, 15) is 19.5 Å². The SMILES string of the molecule is CCC(C)C(=O)O[C@H]1CCCC2=CC(=O)[C@@H](C)[C@@H](CC[C@@H]3C[C@@H](O)CC(=O)O3)[C@H]21. The molecule has 0 radical (unpaired) electrons. The van der Waals surface area contributed by atoms with Gasteiger partial charge in [-0.2, -0.15) is 0 Å². The molecule has 0 aromatic heterocycles. The summed E-state index contributed by atoms with van der Waals surface area (Å²) in [5.74, 6) is -0.573. The molecule has 0 aromatic rings. The van der Waals surface area contributed by atoms with E-state index in [-0.39, 0.29) is 60.0 Å². The molecule has 0 aromatic carbocycles. The van der Waals surface area contributed by atoms with Gasteiger partial charge in [0.15, 0.2) is 5.78 Å². The Labute approximate surface area is 173 Å². The highest BCUT2D eigenvalue weighted by atomic mass is 16.5. The average Bonchev–Trinajstić information content (AvgIpc) is 2.67. The lowest BCUT2D eigenvalue weighted by atomic mass is 9.64. The van der Waals surface area contributed by atoms with Crippen molar-refractivity contribution in [1.82, 2.24) is 0 Å². The number of ketones is 1. The fourth-order valence-electron chi connectivity index (χ4n) is 5.06. The molecule has 1 heterocycles. The number of aliphatic hydroxyl groups is 1. The highest BCUT2D eigenvalue weighted by Crippen LogP contribution is 2.45. The first-order valence-electron chi connectivity index (χ1n) is 11.1. The van der Waals surface area contributed by atoms with Crippen LogP contribution in [0.15, 0.2) is 11.6 Å². The number of hydrogen-bond donors (Lipinski definition) is 1. The molecule has 3 aliphatic rings. The zero-order chi connectivity index (χ0) is 21.1. The first-order chi connectivity index (χ1) is 13.8. The number of rotatable bonds is 6. The highest BCUT2D eigenvalue weighted by Gasteiger charge is 2.44. The van der Waals surface area contributed by atoms with Crippen LogP contribution in [0.25, 0.3) is 0 Å². The van der Waals surface area contributed by atoms with Crippen LogP contribution in [-0.2, 0) is 23.9 Å². The predicted octanol–water partition coefficient (Wildman–Crippen LogP) is 3.35. The molecule has 1 saturated heterocycles. The van der Waals surface area contributed by atoms with Crippen molar-refractivity contribution in [2.45, 2.75) is 90.4 Å². The van der Waals surface area contributed by atoms with Crippen LogP contribution >= 0.6 is 0 Å². The number of aliphatic hydroxyl groups excluding tert-OH is 1. The summed E-state index contributed by atoms with van der Waals surface area (Å²) in [6.45, 7) is 5.81. The molecule has 2 aliphatic carbocycles. The van der Waals surface area contributed by atoms with E-state index in [1.54, 1.807) is 6.08 Å². The van der Waals surface area contributed by atoms with Crippen LogP contribution < -0.4 is 0 Å². The summed E-state index contributed by atoms with van der Waals surface area (Å²) in [4.78, 5) is 36.7. The Morgan fingerprint density at radius 1 is 1.34 bits per heavy atom. The first kappa shape index (κ1) is 22.0. The molecular formula is C23H34O6. The number of esters is 2. The van der Waals surface area contributed by atoms with Gasteiger partial charge < -0.3 is 14.6 Å². The van der Waals surface area contributed by atoms with Gasteiger partial charge in [0, 0.05) is 18.3 Å². The smallest absolute Gasteiger partial charge is 0.308 e. The summed E-state index contributed by atoms with van der Waals surface area (Å²) < 4.78 is 11.3. The van der Waals surface area contributed by atoms with Crippen LogP contribution in [0.3, 0.4) is 0 Å². The Hall–Kier alpha value is -1.69. The van der Waals surface area contributed by atoms with Crippen molar-refractivity contribution in [2.75, 3.05) is 0 Å². The largest absolute Gasteiger partial charge is 0.462 e. The van der Waals surface area contributed by atoms with E-state index in [1.807, 2.05) is 20.8 Å². The van der Waals surface area contributed by atoms with Gasteiger partial charge >= 0.3 is 11.9 Å². The maximum absolute atomic E-state index is 12.6. The minimum Gasteiger partial charge on any atom is -0.462 e. The van der Waals surface area contributed by atoms with Crippen molar-refractivity contribution in [3.05, 3.63) is 11.6 Å². The van der Waals surface area contributed by atoms with Gasteiger partial charge in [-0.1, -0.05) is 26.3 Å². The molecule has 1 unspecified atom stereocenters. The molecule has 0 amide bonds. The van der Waals surface area contributed by atoms with E-state index >= 15 is 0 Å². The fraction of sp³-hybridized carbons (Fsp3) is 0.783. The molecule has 1 saturated carbocycles. The van der Waals surface area contributed by atoms with Crippen LogP contribution in [0.4, 0.5) is 0 Å². The molecule has 1 N–H and O–H groups in total. The van der Waals surface area contributed by atoms with Crippen molar-refractivity contribution >= 4 is 17.7 Å². The predicted molar refractivity (Wildman–Crippen MR) is 107 cm³/mol. The van der Waals surface area contributed by atoms with Gasteiger partial charge in [0.05, 0.1) is 18.4 Å². The number of fused-ring (bicyclic) bond motifs is 1. The number of carbonyl (C=O) groups excluding carboxylic acids is 3. The second kappa shape index (κ2) is 9.41. The second-order valence-corrected chi connectivity index (χ2v) is 9.06. The quantitative estimate of drug-likeness (QED) is 0.681. The summed E-state index contributed by atoms with van der Waals surface area (Å²) in [6, 6.07) is 0. The van der Waals surface area contributed by atoms with E-state index in [4.69, 9.17) is 9.47 Å². The molecule has 0 spiro atoms. The van der Waals surface area contributed by atoms with Crippen LogP contribution in [0.5, 0.6) is 0 Å². The Bertz CT molecular complexity index is 668. The number of hydrogen-bond acceptors (Lipinski definition) is 6. The number of ether oxygens (including phenoxy) is 2. The normalized spacial score (nSPS) is 35.9. The third-order valence-corrected chi connectivity index (χ3v) is 7.00. The second-order valence-electron chi connectivity index (χ2n) is 9.06. The molecule has 162 valence electrons. The van der Waals surface area contributed by atoms with Gasteiger partial charge in [-0.05, 0) is 50.5 Å². The highest BCUT2D eigenvalue weighted by molar-refractivity contribution is 5.93. The number of allylic oxidation sites excluding steroid dienone is 1. The van der Waals surface area contributed by atoms with Gasteiger partial charge in [0.2, 0.25) is 0 Å². The van der Waals surface area contributed by atoms with Crippen molar-refractivity contribution in [1.29, 1.82) is 0 Å². The van der Waals surface area contributed by atoms with Gasteiger partial charge in [-0.25, -0.2) is 0 Å². The van der Waals surface area contributed by atoms with Gasteiger partial charge in [0.25, 0.3) is 0 Å². The molecule has 6 heteroatoms. The Morgan fingerprint density at radius 3 is 2.79 bits per heavy atom. The molecule has 3 rings (SSSR count). The van der Waals surface area contributed by atoms with E-state index < -0.39 is 6.10 Å². The molecule has 1 aliphatic heterocycles. The van der Waals surface area contributed by atoms with E-state index in [1.165, 1.54) is 0 Å². The van der Waals surface area contributed by atoms with Gasteiger partial charge in [-0.15, -0.1) is 0 Å². The molecule has 6 nitrogen and oxygen atoms in total. The van der Waals surface area contributed by atoms with Crippen molar-refractivity contribution < 1.29 is 29.0 Å². The third kappa shape index (κ3) is 5.08. The van der Waals surface area contributed by atoms with Crippen molar-refractivity contribution in [3.63, 3.8) is 0 Å². The van der Waals surface area contributed by atoms with Crippen LogP contribution in [0.2, 0.25) is 0 Å². The maximum Gasteiger partial charge on any atom is 0.308 e. The Balaban J connectivity index is 1.74. The standard InChI is InChI=1S/C23H34O6/c1-4-13(2)23(27)29-20-7-5-6-15-10-19(25)14(3)18(22(15)20)9-8-17-11-16(24)12-21(26)28-17/h10,13-14,16-18,20,22,24H,4-9,11-12H2,1-3H3/t13?,14-,16+,17+,18+,20-,22-/m0/s1. The lowest BCUT2D eigenvalue weighted by molar-refractivity contribution is -0.163. The third-order valence-electron chi connectivity index (χ3n) is 7.00. The zero-order valence-electron chi connectivity index (χ0n) is 17.8. The summed E-state index contributed by atoms with van der Waals surface area (Å²) in [5, 5.41) is 9.86. The van der Waals surface area contributed by atoms with Gasteiger partial charge in [0.1, 0.15) is 12.2 Å². The lowest BCUT2D eigenvalue weighted by Gasteiger charge is -2.43. The zero-order valence-corrected chi connectivity index (χ0v) is 17.8. The molecular weight excluding hydrogens is 372 g/mol. The molecule has 29 heavy (non-hydrogen) atoms. The molecule has 0 bridgehead atoms. The molecule has 7 atom stereocenters. The first-order valence-corrected chi connectivity index (χ1v) is 11.1. The topological polar surface area (TPSA) is 89.9 Å². The lowest BCUT2D eigenvalue weighted by Crippen LogP contribution is -2.44. The number of carbonyl (C=O) groups is 3. The van der Waals surface area contributed by atoms with Crippen molar-refractivity contribution in [3.8, 4) is 0 Å². The Kier molecular flexibility index (Phi) is 7.14. The molecule has 2 fully saturated rings. The summed E-state index contributed by atoms with van der Waals surface area (Å²) in [7, 11) is 0. The van der Waals surface area contributed by atoms with Crippen LogP contribution in [0, 0.1) is 23.7 Å². The van der Waals surface area contributed by atoms with Crippen LogP contribution in [0.1, 0.15) is 72.1 Å². The summed E-state index contributed by atoms with van der Waals surface area (Å²) in [6.07, 6.45) is 5.78. The maximum atomic E-state index is 12.6. The van der Waals surface area contributed by atoms with Crippen molar-refractivity contribution in [2.24, 2.45) is 23.7 Å². The average molecular weight is 407 g/mol. The Morgan fingerprint density at radius 2 is 2.10 bits per heavy atom. The van der Waals surface area contributed by atoms with E-state index in [2.05, 4.69) is 0 Å².